The summed E-state index contributed by atoms with van der Waals surface area (Å²) in [5, 5.41) is 0. The van der Waals surface area contributed by atoms with Crippen LogP contribution in [0.3, 0.4) is 0 Å². The van der Waals surface area contributed by atoms with Gasteiger partial charge in [0.05, 0.1) is 0 Å². The first-order valence-electron chi connectivity index (χ1n) is 5.13. The van der Waals surface area contributed by atoms with Crippen molar-refractivity contribution in [3.05, 3.63) is 0 Å². The molecule has 0 saturated heterocycles. The molecule has 0 nitrogen and oxygen atoms in total. The molecule has 1 rings (SSSR count). The third kappa shape index (κ3) is 17.8. The Labute approximate surface area is 73.4 Å². The van der Waals surface area contributed by atoms with Gasteiger partial charge >= 0.3 is 0 Å². The minimum Gasteiger partial charge on any atom is -0.0656 e. The van der Waals surface area contributed by atoms with Crippen LogP contribution in [-0.4, -0.2) is 0 Å². The first-order valence-corrected chi connectivity index (χ1v) is 5.13. The van der Waals surface area contributed by atoms with E-state index < -0.39 is 0 Å². The summed E-state index contributed by atoms with van der Waals surface area (Å²) in [5.41, 5.74) is 0. The van der Waals surface area contributed by atoms with Crippen LogP contribution in [0.1, 0.15) is 60.8 Å². The highest BCUT2D eigenvalue weighted by atomic mass is 14.3. The minimum atomic E-state index is 1.05. The second kappa shape index (κ2) is 10.0. The van der Waals surface area contributed by atoms with Crippen LogP contribution < -0.4 is 0 Å². The zero-order valence-corrected chi connectivity index (χ0v) is 9.28. The zero-order chi connectivity index (χ0) is 9.28. The van der Waals surface area contributed by atoms with Crippen LogP contribution in [0.25, 0.3) is 0 Å². The monoisotopic (exact) mass is 158 g/mol. The van der Waals surface area contributed by atoms with Crippen molar-refractivity contribution in [2.75, 3.05) is 0 Å². The Kier molecular flexibility index (Phi) is 12.3. The van der Waals surface area contributed by atoms with E-state index in [0.717, 1.165) is 11.8 Å². The van der Waals surface area contributed by atoms with Crippen molar-refractivity contribution in [2.24, 2.45) is 11.8 Å². The van der Waals surface area contributed by atoms with Crippen molar-refractivity contribution in [3.63, 3.8) is 0 Å². The van der Waals surface area contributed by atoms with E-state index in [1.807, 2.05) is 0 Å². The van der Waals surface area contributed by atoms with Crippen LogP contribution >= 0.6 is 0 Å². The maximum absolute atomic E-state index is 2.30. The van der Waals surface area contributed by atoms with Gasteiger partial charge in [0, 0.05) is 0 Å². The molecule has 1 aliphatic rings. The molecule has 1 saturated carbocycles. The summed E-state index contributed by atoms with van der Waals surface area (Å²) in [6.07, 6.45) is 3.97. The summed E-state index contributed by atoms with van der Waals surface area (Å²) < 4.78 is 0. The Morgan fingerprint density at radius 2 is 0.909 bits per heavy atom. The van der Waals surface area contributed by atoms with E-state index in [1.54, 1.807) is 0 Å². The van der Waals surface area contributed by atoms with Gasteiger partial charge in [-0.15, -0.1) is 0 Å². The summed E-state index contributed by atoms with van der Waals surface area (Å²) in [5.74, 6) is 2.10. The average Bonchev–Trinajstić information content (AvgIpc) is 2.49. The third-order valence-electron chi connectivity index (χ3n) is 1.51. The molecule has 0 aromatic rings. The molecule has 2 atom stereocenters. The number of hydrogen-bond donors (Lipinski definition) is 0. The van der Waals surface area contributed by atoms with E-state index in [-0.39, 0.29) is 0 Å². The fraction of sp³-hybridized carbons (Fsp3) is 1.00. The van der Waals surface area contributed by atoms with Gasteiger partial charge in [0.1, 0.15) is 0 Å². The lowest BCUT2D eigenvalue weighted by atomic mass is 10.4. The molecule has 70 valence electrons. The van der Waals surface area contributed by atoms with Crippen molar-refractivity contribution >= 4 is 0 Å². The van der Waals surface area contributed by atoms with Gasteiger partial charge in [-0.05, 0) is 18.3 Å². The van der Waals surface area contributed by atoms with E-state index in [4.69, 9.17) is 0 Å². The molecule has 0 aliphatic heterocycles. The van der Waals surface area contributed by atoms with Crippen molar-refractivity contribution < 1.29 is 0 Å². The second-order valence-electron chi connectivity index (χ2n) is 3.60. The summed E-state index contributed by atoms with van der Waals surface area (Å²) in [6, 6.07) is 0. The summed E-state index contributed by atoms with van der Waals surface area (Å²) in [7, 11) is 0. The molecule has 11 heavy (non-hydrogen) atoms. The lowest BCUT2D eigenvalue weighted by Crippen LogP contribution is -1.58. The van der Waals surface area contributed by atoms with E-state index in [1.165, 1.54) is 19.3 Å². The Morgan fingerprint density at radius 1 is 0.818 bits per heavy atom. The Bertz CT molecular complexity index is 49.1. The van der Waals surface area contributed by atoms with Crippen molar-refractivity contribution in [2.45, 2.75) is 60.8 Å². The maximum Gasteiger partial charge on any atom is -0.0414 e. The molecule has 0 radical (unpaired) electrons. The number of hydrogen-bond acceptors (Lipinski definition) is 0. The molecule has 0 aromatic heterocycles. The van der Waals surface area contributed by atoms with Gasteiger partial charge in [0.25, 0.3) is 0 Å². The molecular formula is C11H26. The van der Waals surface area contributed by atoms with E-state index >= 15 is 0 Å². The molecule has 0 heterocycles. The van der Waals surface area contributed by atoms with Gasteiger partial charge in [-0.1, -0.05) is 54.4 Å². The van der Waals surface area contributed by atoms with Crippen LogP contribution in [0.15, 0.2) is 0 Å². The van der Waals surface area contributed by atoms with Gasteiger partial charge in [0.2, 0.25) is 0 Å². The molecule has 0 bridgehead atoms. The van der Waals surface area contributed by atoms with Gasteiger partial charge < -0.3 is 0 Å². The molecule has 0 aromatic carbocycles. The van der Waals surface area contributed by atoms with Crippen LogP contribution in [0.2, 0.25) is 0 Å². The van der Waals surface area contributed by atoms with Gasteiger partial charge in [-0.25, -0.2) is 0 Å². The summed E-state index contributed by atoms with van der Waals surface area (Å²) in [4.78, 5) is 0. The van der Waals surface area contributed by atoms with Crippen molar-refractivity contribution in [1.82, 2.24) is 0 Å². The van der Waals surface area contributed by atoms with Crippen molar-refractivity contribution in [1.29, 1.82) is 0 Å². The van der Waals surface area contributed by atoms with Gasteiger partial charge in [-0.2, -0.15) is 0 Å². The highest BCUT2D eigenvalue weighted by Gasteiger charge is 2.26. The maximum atomic E-state index is 2.30. The minimum absolute atomic E-state index is 1.05. The van der Waals surface area contributed by atoms with E-state index in [9.17, 15) is 0 Å². The van der Waals surface area contributed by atoms with Crippen molar-refractivity contribution in [3.8, 4) is 0 Å². The predicted octanol–water partition coefficient (Wildman–Crippen LogP) is 4.49. The van der Waals surface area contributed by atoms with Crippen LogP contribution in [0.5, 0.6) is 0 Å². The smallest absolute Gasteiger partial charge is 0.0414 e. The van der Waals surface area contributed by atoms with Crippen LogP contribution in [-0.2, 0) is 0 Å². The standard InChI is InChI=1S/C5H10.2C3H8/c1-4-3-5(4)2;2*1-3-2/h4-5H,3H2,1-2H3;2*3H2,1-2H3/t4-,5-;;/m0../s1. The SMILES string of the molecule is CCC.CCC.C[C@H]1C[C@@H]1C. The average molecular weight is 158 g/mol. The quantitative estimate of drug-likeness (QED) is 0.487. The molecule has 0 amide bonds. The first kappa shape index (κ1) is 13.6. The number of rotatable bonds is 0. The predicted molar refractivity (Wildman–Crippen MR) is 54.9 cm³/mol. The zero-order valence-electron chi connectivity index (χ0n) is 9.28. The summed E-state index contributed by atoms with van der Waals surface area (Å²) >= 11 is 0. The second-order valence-corrected chi connectivity index (χ2v) is 3.60. The van der Waals surface area contributed by atoms with Gasteiger partial charge in [-0.3, -0.25) is 0 Å². The Balaban J connectivity index is 0. The largest absolute Gasteiger partial charge is 0.0656 e. The van der Waals surface area contributed by atoms with E-state index in [2.05, 4.69) is 41.5 Å². The summed E-state index contributed by atoms with van der Waals surface area (Å²) in [6.45, 7) is 13.1. The Morgan fingerprint density at radius 3 is 0.909 bits per heavy atom. The third-order valence-corrected chi connectivity index (χ3v) is 1.51. The molecule has 1 fully saturated rings. The van der Waals surface area contributed by atoms with Crippen LogP contribution in [0, 0.1) is 11.8 Å². The van der Waals surface area contributed by atoms with Crippen LogP contribution in [0.4, 0.5) is 0 Å². The highest BCUT2D eigenvalue weighted by molar-refractivity contribution is 4.76. The lowest BCUT2D eigenvalue weighted by molar-refractivity contribution is 0.834. The highest BCUT2D eigenvalue weighted by Crippen LogP contribution is 2.36. The lowest BCUT2D eigenvalue weighted by Gasteiger charge is -1.66. The normalized spacial score (nSPS) is 25.6. The van der Waals surface area contributed by atoms with E-state index in [0.29, 0.717) is 0 Å². The first-order chi connectivity index (χ1) is 5.13. The fourth-order valence-electron chi connectivity index (χ4n) is 0.508. The fourth-order valence-corrected chi connectivity index (χ4v) is 0.508. The molecule has 0 N–H and O–H groups in total. The molecular weight excluding hydrogens is 132 g/mol. The molecule has 0 heteroatoms. The van der Waals surface area contributed by atoms with Gasteiger partial charge in [0.15, 0.2) is 0 Å². The molecule has 1 aliphatic carbocycles. The topological polar surface area (TPSA) is 0 Å². The Hall–Kier alpha value is 0. The molecule has 0 unspecified atom stereocenters. The molecule has 0 spiro atoms.